The summed E-state index contributed by atoms with van der Waals surface area (Å²) in [5.41, 5.74) is 1.72. The molecule has 118 valence electrons. The van der Waals surface area contributed by atoms with E-state index in [1.54, 1.807) is 11.6 Å². The number of hydrogen-bond acceptors (Lipinski definition) is 7. The number of rotatable bonds is 7. The van der Waals surface area contributed by atoms with Crippen LogP contribution in [0.15, 0.2) is 16.6 Å². The Balaban J connectivity index is 2.31. The highest BCUT2D eigenvalue weighted by Gasteiger charge is 2.28. The van der Waals surface area contributed by atoms with Crippen molar-refractivity contribution in [1.29, 1.82) is 0 Å². The molecule has 2 aromatic heterocycles. The number of aromatic nitrogens is 2. The zero-order chi connectivity index (χ0) is 15.7. The van der Waals surface area contributed by atoms with Crippen LogP contribution in [0.1, 0.15) is 20.8 Å². The summed E-state index contributed by atoms with van der Waals surface area (Å²) in [6, 6.07) is 0. The molecular weight excluding hydrogens is 314 g/mol. The van der Waals surface area contributed by atoms with Crippen molar-refractivity contribution in [2.75, 3.05) is 18.6 Å². The van der Waals surface area contributed by atoms with Crippen molar-refractivity contribution in [3.63, 3.8) is 0 Å². The van der Waals surface area contributed by atoms with Crippen LogP contribution in [0.3, 0.4) is 0 Å². The van der Waals surface area contributed by atoms with Gasteiger partial charge in [0.05, 0.1) is 5.60 Å². The molecule has 2 aromatic rings. The first-order valence-corrected chi connectivity index (χ1v) is 8.73. The van der Waals surface area contributed by atoms with Gasteiger partial charge >= 0.3 is 0 Å². The highest BCUT2D eigenvalue weighted by molar-refractivity contribution is 7.89. The molecule has 0 aliphatic carbocycles. The Morgan fingerprint density at radius 2 is 2.24 bits per heavy atom. The zero-order valence-corrected chi connectivity index (χ0v) is 13.7. The van der Waals surface area contributed by atoms with E-state index in [9.17, 15) is 8.42 Å². The van der Waals surface area contributed by atoms with Crippen molar-refractivity contribution in [2.24, 2.45) is 5.84 Å². The Morgan fingerprint density at radius 1 is 1.52 bits per heavy atom. The number of hydrogen-bond donors (Lipinski definition) is 3. The number of sulfonamides is 1. The van der Waals surface area contributed by atoms with Crippen molar-refractivity contribution in [2.45, 2.75) is 31.4 Å². The Labute approximate surface area is 127 Å². The Hall–Kier alpha value is -1.20. The molecule has 8 nitrogen and oxygen atoms in total. The fourth-order valence-corrected chi connectivity index (χ4v) is 4.11. The lowest BCUT2D eigenvalue weighted by Gasteiger charge is -2.24. The van der Waals surface area contributed by atoms with Crippen LogP contribution in [-0.4, -0.2) is 36.6 Å². The molecule has 0 unspecified atom stereocenters. The lowest BCUT2D eigenvalue weighted by atomic mass is 10.1. The number of nitrogens with zero attached hydrogens (tertiary/aromatic N) is 2. The van der Waals surface area contributed by atoms with Crippen molar-refractivity contribution in [3.8, 4) is 0 Å². The van der Waals surface area contributed by atoms with Gasteiger partial charge in [0.2, 0.25) is 5.03 Å². The third-order valence-electron chi connectivity index (χ3n) is 2.83. The lowest BCUT2D eigenvalue weighted by molar-refractivity contribution is -0.00516. The van der Waals surface area contributed by atoms with Gasteiger partial charge in [0.25, 0.3) is 10.0 Å². The van der Waals surface area contributed by atoms with Crippen molar-refractivity contribution >= 4 is 32.1 Å². The maximum atomic E-state index is 12.5. The van der Waals surface area contributed by atoms with Crippen molar-refractivity contribution < 1.29 is 13.2 Å². The Kier molecular flexibility index (Phi) is 4.54. The fraction of sp³-hybridized carbons (Fsp3) is 0.545. The molecule has 10 heteroatoms. The van der Waals surface area contributed by atoms with Crippen LogP contribution in [0.4, 0.5) is 5.82 Å². The molecule has 4 N–H and O–H groups in total. The van der Waals surface area contributed by atoms with E-state index >= 15 is 0 Å². The van der Waals surface area contributed by atoms with Crippen LogP contribution in [0, 0.1) is 0 Å². The van der Waals surface area contributed by atoms with Gasteiger partial charge in [-0.3, -0.25) is 4.40 Å². The van der Waals surface area contributed by atoms with Gasteiger partial charge in [-0.15, -0.1) is 11.3 Å². The third kappa shape index (κ3) is 3.35. The molecule has 21 heavy (non-hydrogen) atoms. The van der Waals surface area contributed by atoms with E-state index in [1.165, 1.54) is 15.7 Å². The molecule has 2 heterocycles. The standard InChI is InChI=1S/C11H19N5O3S2/c1-4-19-11(2,3)7-13-21(17,18)9-8(15-12)14-10-16(9)5-6-20-10/h5-6,13,15H,4,7,12H2,1-3H3. The summed E-state index contributed by atoms with van der Waals surface area (Å²) >= 11 is 1.32. The average Bonchev–Trinajstić information content (AvgIpc) is 2.95. The maximum absolute atomic E-state index is 12.5. The molecule has 0 amide bonds. The van der Waals surface area contributed by atoms with Crippen LogP contribution in [-0.2, 0) is 14.8 Å². The summed E-state index contributed by atoms with van der Waals surface area (Å²) in [5.74, 6) is 5.48. The first-order valence-electron chi connectivity index (χ1n) is 6.36. The van der Waals surface area contributed by atoms with Crippen LogP contribution >= 0.6 is 11.3 Å². The topological polar surface area (TPSA) is 111 Å². The van der Waals surface area contributed by atoms with E-state index < -0.39 is 15.6 Å². The molecule has 0 aliphatic rings. The quantitative estimate of drug-likeness (QED) is 0.510. The normalized spacial score (nSPS) is 13.0. The molecular formula is C11H19N5O3S2. The van der Waals surface area contributed by atoms with Crippen LogP contribution in [0.25, 0.3) is 4.96 Å². The molecule has 0 radical (unpaired) electrons. The van der Waals surface area contributed by atoms with Crippen molar-refractivity contribution in [1.82, 2.24) is 14.1 Å². The predicted octanol–water partition coefficient (Wildman–Crippen LogP) is 0.775. The second-order valence-electron chi connectivity index (χ2n) is 4.98. The highest BCUT2D eigenvalue weighted by Crippen LogP contribution is 2.25. The monoisotopic (exact) mass is 333 g/mol. The summed E-state index contributed by atoms with van der Waals surface area (Å²) in [6.07, 6.45) is 1.64. The van der Waals surface area contributed by atoms with Gasteiger partial charge in [-0.25, -0.2) is 19.0 Å². The zero-order valence-electron chi connectivity index (χ0n) is 12.1. The van der Waals surface area contributed by atoms with E-state index in [0.29, 0.717) is 11.6 Å². The number of imidazole rings is 1. The predicted molar refractivity (Wildman–Crippen MR) is 81.8 cm³/mol. The minimum absolute atomic E-state index is 0.00597. The second kappa shape index (κ2) is 5.89. The lowest BCUT2D eigenvalue weighted by Crippen LogP contribution is -2.41. The third-order valence-corrected chi connectivity index (χ3v) is 5.01. The Morgan fingerprint density at radius 3 is 2.86 bits per heavy atom. The number of nitrogens with one attached hydrogen (secondary N) is 2. The molecule has 0 aliphatic heterocycles. The SMILES string of the molecule is CCOC(C)(C)CNS(=O)(=O)c1c(NN)nc2sccn12. The number of anilines is 1. The highest BCUT2D eigenvalue weighted by atomic mass is 32.2. The average molecular weight is 333 g/mol. The van der Waals surface area contributed by atoms with E-state index in [4.69, 9.17) is 10.6 Å². The van der Waals surface area contributed by atoms with Gasteiger partial charge in [-0.1, -0.05) is 0 Å². The van der Waals surface area contributed by atoms with Gasteiger partial charge in [0.15, 0.2) is 10.8 Å². The first kappa shape index (κ1) is 16.2. The van der Waals surface area contributed by atoms with Gasteiger partial charge in [-0.2, -0.15) is 4.98 Å². The number of hydrazine groups is 1. The first-order chi connectivity index (χ1) is 9.80. The number of nitrogens with two attached hydrogens (primary N) is 1. The minimum Gasteiger partial charge on any atom is -0.375 e. The second-order valence-corrected chi connectivity index (χ2v) is 7.54. The summed E-state index contributed by atoms with van der Waals surface area (Å²) in [4.78, 5) is 4.68. The summed E-state index contributed by atoms with van der Waals surface area (Å²) in [5, 5.41) is 1.75. The number of nitrogen functional groups attached to an aromatic ring is 1. The number of thiazole rings is 1. The van der Waals surface area contributed by atoms with Crippen LogP contribution in [0.5, 0.6) is 0 Å². The van der Waals surface area contributed by atoms with Gasteiger partial charge < -0.3 is 10.2 Å². The van der Waals surface area contributed by atoms with Crippen LogP contribution in [0.2, 0.25) is 0 Å². The Bertz CT molecular complexity index is 719. The molecule has 0 aromatic carbocycles. The molecule has 0 atom stereocenters. The summed E-state index contributed by atoms with van der Waals surface area (Å²) < 4.78 is 34.5. The van der Waals surface area contributed by atoms with Gasteiger partial charge in [0.1, 0.15) is 0 Å². The van der Waals surface area contributed by atoms with Gasteiger partial charge in [-0.05, 0) is 20.8 Å². The van der Waals surface area contributed by atoms with E-state index in [0.717, 1.165) is 0 Å². The van der Waals surface area contributed by atoms with Crippen LogP contribution < -0.4 is 16.0 Å². The van der Waals surface area contributed by atoms with E-state index in [-0.39, 0.29) is 17.4 Å². The molecule has 2 rings (SSSR count). The number of fused-ring (bicyclic) bond motifs is 1. The molecule has 0 spiro atoms. The maximum Gasteiger partial charge on any atom is 0.260 e. The van der Waals surface area contributed by atoms with Crippen molar-refractivity contribution in [3.05, 3.63) is 11.6 Å². The minimum atomic E-state index is -3.77. The van der Waals surface area contributed by atoms with E-state index in [2.05, 4.69) is 15.1 Å². The summed E-state index contributed by atoms with van der Waals surface area (Å²) in [7, 11) is -3.77. The molecule has 0 saturated heterocycles. The van der Waals surface area contributed by atoms with Gasteiger partial charge in [0, 0.05) is 24.7 Å². The molecule has 0 fully saturated rings. The largest absolute Gasteiger partial charge is 0.375 e. The van der Waals surface area contributed by atoms with E-state index in [1.807, 2.05) is 20.8 Å². The fourth-order valence-electron chi connectivity index (χ4n) is 1.89. The smallest absolute Gasteiger partial charge is 0.260 e. The number of ether oxygens (including phenoxy) is 1. The molecule has 0 saturated carbocycles. The summed E-state index contributed by atoms with van der Waals surface area (Å²) in [6.45, 7) is 6.14. The molecule has 0 bridgehead atoms.